The van der Waals surface area contributed by atoms with Gasteiger partial charge in [-0.15, -0.1) is 0 Å². The summed E-state index contributed by atoms with van der Waals surface area (Å²) >= 11 is 3.16. The second-order valence-electron chi connectivity index (χ2n) is 23.1. The van der Waals surface area contributed by atoms with E-state index in [1.54, 1.807) is 23.5 Å². The molecule has 0 saturated heterocycles. The molecule has 0 bridgehead atoms. The summed E-state index contributed by atoms with van der Waals surface area (Å²) in [5.74, 6) is -0.409. The number of rotatable bonds is 34. The van der Waals surface area contributed by atoms with E-state index in [-0.39, 0.29) is 60.6 Å². The molecule has 18 heteroatoms. The van der Waals surface area contributed by atoms with E-state index < -0.39 is 24.0 Å². The first kappa shape index (κ1) is 68.8. The summed E-state index contributed by atoms with van der Waals surface area (Å²) in [7, 11) is 1.34. The lowest BCUT2D eigenvalue weighted by molar-refractivity contribution is -0.145. The number of carbonyl (C=O) groups excluding carboxylic acids is 5. The van der Waals surface area contributed by atoms with Gasteiger partial charge in [-0.1, -0.05) is 162 Å². The Hall–Kier alpha value is -7.64. The van der Waals surface area contributed by atoms with Crippen LogP contribution in [0.25, 0.3) is 43.4 Å². The number of nitrogens with one attached hydrogen (secondary N) is 5. The molecule has 0 aliphatic heterocycles. The summed E-state index contributed by atoms with van der Waals surface area (Å²) in [6.07, 6.45) is 11.8. The number of carboxylic acid groups (broad SMARTS) is 1. The molecule has 16 nitrogen and oxygen atoms in total. The molecule has 2 heterocycles. The van der Waals surface area contributed by atoms with Gasteiger partial charge >= 0.3 is 11.9 Å². The van der Waals surface area contributed by atoms with Crippen LogP contribution >= 0.6 is 23.5 Å². The fraction of sp³-hybridized carbons (Fsp3) is 0.408. The third kappa shape index (κ3) is 20.7. The highest BCUT2D eigenvalue weighted by atomic mass is 32.2. The number of ether oxygens (including phenoxy) is 1. The number of methoxy groups -OCH3 is 1. The molecular weight excluding hydrogens is 1160 g/mol. The lowest BCUT2D eigenvalue weighted by atomic mass is 9.97. The topological polar surface area (TPSA) is 207 Å². The summed E-state index contributed by atoms with van der Waals surface area (Å²) < 4.78 is 7.07. The fourth-order valence-electron chi connectivity index (χ4n) is 11.3. The van der Waals surface area contributed by atoms with E-state index in [0.717, 1.165) is 78.6 Å². The molecule has 8 aromatic rings. The zero-order valence-electron chi connectivity index (χ0n) is 52.7. The lowest BCUT2D eigenvalue weighted by Crippen LogP contribution is -2.51. The molecule has 0 aliphatic carbocycles. The lowest BCUT2D eigenvalue weighted by Gasteiger charge is -2.32. The minimum absolute atomic E-state index is 0.0181. The van der Waals surface area contributed by atoms with Gasteiger partial charge in [-0.05, 0) is 117 Å². The zero-order chi connectivity index (χ0) is 63.7. The Labute approximate surface area is 533 Å². The van der Waals surface area contributed by atoms with Crippen molar-refractivity contribution >= 4 is 102 Å². The SMILES string of the molecule is CC[C@H](C)[C@@H](CN(CC(=O)N[C@@H](CCSC)C(=O)O)Cc1cccc2ccccc12)NC(=O)CCc1c[nH]c2ccccc12.CC[C@H](C)[C@@H](CN(CC(=O)N[C@@H](CCSC)C(=O)OC)Cc1cccc2ccccc12)NC(=O)CCn1ccc2ccccc21. The van der Waals surface area contributed by atoms with Gasteiger partial charge < -0.3 is 40.7 Å². The van der Waals surface area contributed by atoms with Crippen LogP contribution in [-0.4, -0.2) is 141 Å². The number of hydrogen-bond acceptors (Lipinski definition) is 11. The summed E-state index contributed by atoms with van der Waals surface area (Å²) in [6, 6.07) is 45.0. The molecule has 6 atom stereocenters. The van der Waals surface area contributed by atoms with E-state index in [4.69, 9.17) is 4.74 Å². The van der Waals surface area contributed by atoms with E-state index >= 15 is 0 Å². The maximum Gasteiger partial charge on any atom is 0.328 e. The van der Waals surface area contributed by atoms with Gasteiger partial charge in [0.15, 0.2) is 0 Å². The van der Waals surface area contributed by atoms with Gasteiger partial charge in [-0.3, -0.25) is 29.0 Å². The average molecular weight is 1250 g/mol. The van der Waals surface area contributed by atoms with Crippen molar-refractivity contribution in [3.8, 4) is 0 Å². The monoisotopic (exact) mass is 1250 g/mol. The predicted octanol–water partition coefficient (Wildman–Crippen LogP) is 11.2. The summed E-state index contributed by atoms with van der Waals surface area (Å²) in [5.41, 5.74) is 5.45. The number of carboxylic acids is 1. The van der Waals surface area contributed by atoms with Crippen molar-refractivity contribution in [2.45, 2.75) is 116 Å². The number of H-pyrrole nitrogens is 1. The number of amides is 4. The van der Waals surface area contributed by atoms with E-state index in [1.807, 2.05) is 96.5 Å². The number of para-hydroxylation sites is 2. The predicted molar refractivity (Wildman–Crippen MR) is 364 cm³/mol. The third-order valence-electron chi connectivity index (χ3n) is 16.8. The largest absolute Gasteiger partial charge is 0.480 e. The molecule has 2 aromatic heterocycles. The molecule has 8 rings (SSSR count). The van der Waals surface area contributed by atoms with Crippen molar-refractivity contribution < 1.29 is 38.6 Å². The van der Waals surface area contributed by atoms with Gasteiger partial charge in [0.05, 0.1) is 20.2 Å². The van der Waals surface area contributed by atoms with Gasteiger partial charge in [0.1, 0.15) is 12.1 Å². The zero-order valence-corrected chi connectivity index (χ0v) is 54.3. The second kappa shape index (κ2) is 35.5. The Morgan fingerprint density at radius 2 is 1.04 bits per heavy atom. The quantitative estimate of drug-likeness (QED) is 0.0208. The maximum absolute atomic E-state index is 13.4. The number of esters is 1. The summed E-state index contributed by atoms with van der Waals surface area (Å²) in [4.78, 5) is 84.9. The first-order chi connectivity index (χ1) is 43.1. The highest BCUT2D eigenvalue weighted by Gasteiger charge is 2.28. The van der Waals surface area contributed by atoms with Gasteiger partial charge in [0.25, 0.3) is 0 Å². The first-order valence-corrected chi connectivity index (χ1v) is 33.8. The second-order valence-corrected chi connectivity index (χ2v) is 25.0. The molecule has 4 amide bonds. The molecule has 0 radical (unpaired) electrons. The van der Waals surface area contributed by atoms with Crippen LogP contribution in [-0.2, 0) is 59.6 Å². The summed E-state index contributed by atoms with van der Waals surface area (Å²) in [5, 5.41) is 28.6. The number of fused-ring (bicyclic) bond motifs is 4. The number of aliphatic carboxylic acids is 1. The van der Waals surface area contributed by atoms with Crippen molar-refractivity contribution in [1.29, 1.82) is 0 Å². The van der Waals surface area contributed by atoms with Crippen LogP contribution in [0.1, 0.15) is 82.9 Å². The van der Waals surface area contributed by atoms with Gasteiger partial charge in [0, 0.05) is 86.5 Å². The molecule has 6 aromatic carbocycles. The number of benzene rings is 6. The Balaban J connectivity index is 0.000000254. The van der Waals surface area contributed by atoms with Crippen molar-refractivity contribution in [2.24, 2.45) is 11.8 Å². The molecule has 0 saturated carbocycles. The third-order valence-corrected chi connectivity index (χ3v) is 18.1. The Kier molecular flexibility index (Phi) is 27.5. The van der Waals surface area contributed by atoms with Crippen molar-refractivity contribution in [3.63, 3.8) is 0 Å². The van der Waals surface area contributed by atoms with Crippen LogP contribution < -0.4 is 21.3 Å². The smallest absolute Gasteiger partial charge is 0.328 e. The minimum atomic E-state index is -1.03. The van der Waals surface area contributed by atoms with Gasteiger partial charge in [-0.2, -0.15) is 23.5 Å². The molecule has 0 aliphatic rings. The number of carbonyl (C=O) groups is 6. The summed E-state index contributed by atoms with van der Waals surface area (Å²) in [6.45, 7) is 11.1. The van der Waals surface area contributed by atoms with E-state index in [2.05, 4.69) is 136 Å². The number of thioether (sulfide) groups is 2. The van der Waals surface area contributed by atoms with E-state index in [9.17, 15) is 33.9 Å². The number of aromatic amines is 1. The molecule has 0 unspecified atom stereocenters. The molecule has 474 valence electrons. The van der Waals surface area contributed by atoms with Gasteiger partial charge in [-0.25, -0.2) is 9.59 Å². The van der Waals surface area contributed by atoms with Crippen LogP contribution in [0.2, 0.25) is 0 Å². The van der Waals surface area contributed by atoms with Crippen LogP contribution in [0.3, 0.4) is 0 Å². The Morgan fingerprint density at radius 1 is 0.562 bits per heavy atom. The van der Waals surface area contributed by atoms with Gasteiger partial charge in [0.2, 0.25) is 23.6 Å². The van der Waals surface area contributed by atoms with Crippen molar-refractivity contribution in [3.05, 3.63) is 169 Å². The highest BCUT2D eigenvalue weighted by Crippen LogP contribution is 2.25. The average Bonchev–Trinajstić information content (AvgIpc) is 4.00. The molecule has 0 spiro atoms. The Bertz CT molecular complexity index is 3580. The van der Waals surface area contributed by atoms with Crippen LogP contribution in [0.5, 0.6) is 0 Å². The standard InChI is InChI=1S/C36H46N4O4S.C35H44N4O4S/c1-5-26(2)32(38-34(41)18-21-40-20-17-28-12-7-9-16-33(28)40)24-39(23-29-14-10-13-27-11-6-8-15-30(27)29)25-35(42)37-31(19-22-45-4)36(43)44-3;1-4-24(2)32(38-33(40)17-16-26-20-36-30-15-8-7-14-29(26)30)22-39(23-34(41)37-31(35(42)43)18-19-44-3)21-27-12-9-11-25-10-5-6-13-28(25)27/h6-17,20,26,31-32H,5,18-19,21-25H2,1-4H3,(H,37,42)(H,38,41);5-15,20,24,31-32,36H,4,16-19,21-23H2,1-3H3,(H,37,41)(H,38,40)(H,42,43)/t26-,31-,32+;24-,31-,32+/m00/s1. The molecular formula is C71H90N8O8S2. The minimum Gasteiger partial charge on any atom is -0.480 e. The molecule has 0 fully saturated rings. The van der Waals surface area contributed by atoms with Crippen LogP contribution in [0.15, 0.2) is 152 Å². The maximum atomic E-state index is 13.4. The van der Waals surface area contributed by atoms with E-state index in [0.29, 0.717) is 70.6 Å². The highest BCUT2D eigenvalue weighted by molar-refractivity contribution is 7.98. The van der Waals surface area contributed by atoms with Crippen LogP contribution in [0, 0.1) is 11.8 Å². The first-order valence-electron chi connectivity index (χ1n) is 31.0. The van der Waals surface area contributed by atoms with Crippen molar-refractivity contribution in [2.75, 3.05) is 57.3 Å². The fourth-order valence-corrected chi connectivity index (χ4v) is 12.2. The number of aromatic nitrogens is 2. The number of nitrogens with zero attached hydrogens (tertiary/aromatic N) is 3. The normalized spacial score (nSPS) is 13.5. The van der Waals surface area contributed by atoms with Crippen LogP contribution in [0.4, 0.5) is 0 Å². The molecule has 89 heavy (non-hydrogen) atoms. The number of hydrogen-bond donors (Lipinski definition) is 6. The number of aryl methyl sites for hydroxylation is 2. The molecule has 6 N–H and O–H groups in total. The van der Waals surface area contributed by atoms with Crippen molar-refractivity contribution in [1.82, 2.24) is 40.6 Å². The Morgan fingerprint density at radius 3 is 1.58 bits per heavy atom. The van der Waals surface area contributed by atoms with E-state index in [1.165, 1.54) is 7.11 Å².